The highest BCUT2D eigenvalue weighted by Crippen LogP contribution is 2.30. The van der Waals surface area contributed by atoms with Crippen molar-refractivity contribution in [3.05, 3.63) is 36.0 Å². The third-order valence-corrected chi connectivity index (χ3v) is 4.40. The second kappa shape index (κ2) is 5.29. The first kappa shape index (κ1) is 13.2. The molecule has 2 N–H and O–H groups in total. The van der Waals surface area contributed by atoms with E-state index in [1.807, 2.05) is 13.2 Å². The Morgan fingerprint density at radius 3 is 2.30 bits per heavy atom. The molecule has 0 radical (unpaired) electrons. The quantitative estimate of drug-likeness (QED) is 0.912. The van der Waals surface area contributed by atoms with Crippen LogP contribution in [0.25, 0.3) is 11.1 Å². The molecule has 4 nitrogen and oxygen atoms in total. The Hall–Kier alpha value is -1.81. The van der Waals surface area contributed by atoms with E-state index in [-0.39, 0.29) is 0 Å². The molecule has 106 valence electrons. The van der Waals surface area contributed by atoms with Gasteiger partial charge in [0.2, 0.25) is 0 Å². The summed E-state index contributed by atoms with van der Waals surface area (Å²) in [5, 5.41) is 4.20. The molecule has 1 aliphatic heterocycles. The summed E-state index contributed by atoms with van der Waals surface area (Å²) in [6, 6.07) is 8.83. The third kappa shape index (κ3) is 2.43. The first-order valence-electron chi connectivity index (χ1n) is 7.21. The van der Waals surface area contributed by atoms with Crippen LogP contribution in [0.4, 0.5) is 5.82 Å². The molecule has 3 rings (SSSR count). The van der Waals surface area contributed by atoms with Gasteiger partial charge in [-0.15, -0.1) is 0 Å². The van der Waals surface area contributed by atoms with Crippen molar-refractivity contribution in [1.29, 1.82) is 0 Å². The van der Waals surface area contributed by atoms with Crippen molar-refractivity contribution in [2.45, 2.75) is 18.8 Å². The van der Waals surface area contributed by atoms with Gasteiger partial charge in [0.15, 0.2) is 0 Å². The van der Waals surface area contributed by atoms with Gasteiger partial charge >= 0.3 is 0 Å². The highest BCUT2D eigenvalue weighted by Gasteiger charge is 2.18. The number of likely N-dealkylation sites (tertiary alicyclic amines) is 1. The third-order valence-electron chi connectivity index (χ3n) is 4.40. The lowest BCUT2D eigenvalue weighted by molar-refractivity contribution is 0.255. The minimum atomic E-state index is 0.700. The largest absolute Gasteiger partial charge is 0.383 e. The summed E-state index contributed by atoms with van der Waals surface area (Å²) >= 11 is 0. The monoisotopic (exact) mass is 270 g/mol. The molecule has 0 saturated carbocycles. The average molecular weight is 270 g/mol. The van der Waals surface area contributed by atoms with E-state index >= 15 is 0 Å². The maximum atomic E-state index is 6.03. The van der Waals surface area contributed by atoms with E-state index in [9.17, 15) is 0 Å². The smallest absolute Gasteiger partial charge is 0.129 e. The van der Waals surface area contributed by atoms with Crippen LogP contribution < -0.4 is 5.73 Å². The van der Waals surface area contributed by atoms with Gasteiger partial charge < -0.3 is 10.6 Å². The van der Waals surface area contributed by atoms with Crippen molar-refractivity contribution >= 4 is 5.82 Å². The van der Waals surface area contributed by atoms with E-state index < -0.39 is 0 Å². The Morgan fingerprint density at radius 1 is 1.10 bits per heavy atom. The van der Waals surface area contributed by atoms with Gasteiger partial charge in [0.1, 0.15) is 5.82 Å². The highest BCUT2D eigenvalue weighted by molar-refractivity contribution is 5.73. The van der Waals surface area contributed by atoms with E-state index in [0.717, 1.165) is 16.9 Å². The molecule has 1 fully saturated rings. The Labute approximate surface area is 120 Å². The normalized spacial score (nSPS) is 17.5. The molecule has 0 spiro atoms. The van der Waals surface area contributed by atoms with Crippen molar-refractivity contribution in [3.63, 3.8) is 0 Å². The predicted octanol–water partition coefficient (Wildman–Crippen LogP) is 2.48. The van der Waals surface area contributed by atoms with Crippen molar-refractivity contribution in [2.24, 2.45) is 7.05 Å². The maximum absolute atomic E-state index is 6.03. The van der Waals surface area contributed by atoms with Gasteiger partial charge in [0.25, 0.3) is 0 Å². The number of rotatable bonds is 2. The van der Waals surface area contributed by atoms with Crippen LogP contribution in [0.5, 0.6) is 0 Å². The van der Waals surface area contributed by atoms with Gasteiger partial charge in [-0.1, -0.05) is 24.3 Å². The lowest BCUT2D eigenvalue weighted by atomic mass is 9.89. The fourth-order valence-electron chi connectivity index (χ4n) is 2.95. The highest BCUT2D eigenvalue weighted by atomic mass is 15.3. The SMILES string of the molecule is CN1CCC(c2ccc(-c3cnn(C)c3N)cc2)CC1. The summed E-state index contributed by atoms with van der Waals surface area (Å²) in [4.78, 5) is 2.40. The fourth-order valence-corrected chi connectivity index (χ4v) is 2.95. The minimum Gasteiger partial charge on any atom is -0.383 e. The molecule has 1 aliphatic rings. The summed E-state index contributed by atoms with van der Waals surface area (Å²) < 4.78 is 1.71. The summed E-state index contributed by atoms with van der Waals surface area (Å²) in [5.74, 6) is 1.42. The molecule has 20 heavy (non-hydrogen) atoms. The van der Waals surface area contributed by atoms with E-state index in [1.54, 1.807) is 4.68 Å². The van der Waals surface area contributed by atoms with Gasteiger partial charge in [0, 0.05) is 12.6 Å². The summed E-state index contributed by atoms with van der Waals surface area (Å²) in [6.07, 6.45) is 4.34. The molecule has 0 atom stereocenters. The molecular formula is C16H22N4. The van der Waals surface area contributed by atoms with Gasteiger partial charge in [0.05, 0.1) is 6.20 Å². The summed E-state index contributed by atoms with van der Waals surface area (Å²) in [6.45, 7) is 2.39. The maximum Gasteiger partial charge on any atom is 0.129 e. The number of nitrogens with zero attached hydrogens (tertiary/aromatic N) is 3. The molecule has 1 aromatic carbocycles. The van der Waals surface area contributed by atoms with Crippen LogP contribution in [0.1, 0.15) is 24.3 Å². The molecular weight excluding hydrogens is 248 g/mol. The Morgan fingerprint density at radius 2 is 1.75 bits per heavy atom. The number of nitrogens with two attached hydrogens (primary N) is 1. The number of aryl methyl sites for hydroxylation is 1. The topological polar surface area (TPSA) is 47.1 Å². The van der Waals surface area contributed by atoms with E-state index in [4.69, 9.17) is 5.73 Å². The standard InChI is InChI=1S/C16H22N4/c1-19-9-7-13(8-10-19)12-3-5-14(6-4-12)15-11-18-20(2)16(15)17/h3-6,11,13H,7-10,17H2,1-2H3. The molecule has 2 heterocycles. The second-order valence-corrected chi connectivity index (χ2v) is 5.77. The number of nitrogen functional groups attached to an aromatic ring is 1. The Kier molecular flexibility index (Phi) is 3.49. The van der Waals surface area contributed by atoms with Crippen LogP contribution in [0.15, 0.2) is 30.5 Å². The average Bonchev–Trinajstić information content (AvgIpc) is 2.80. The molecule has 0 bridgehead atoms. The lowest BCUT2D eigenvalue weighted by Gasteiger charge is -2.29. The van der Waals surface area contributed by atoms with Crippen LogP contribution in [0.2, 0.25) is 0 Å². The van der Waals surface area contributed by atoms with E-state index in [2.05, 4.69) is 41.3 Å². The number of benzene rings is 1. The van der Waals surface area contributed by atoms with Crippen molar-refractivity contribution in [3.8, 4) is 11.1 Å². The Bertz CT molecular complexity index is 577. The minimum absolute atomic E-state index is 0.700. The van der Waals surface area contributed by atoms with Crippen molar-refractivity contribution in [1.82, 2.24) is 14.7 Å². The molecule has 0 amide bonds. The fraction of sp³-hybridized carbons (Fsp3) is 0.438. The summed E-state index contributed by atoms with van der Waals surface area (Å²) in [5.41, 5.74) is 9.64. The predicted molar refractivity (Wildman–Crippen MR) is 82.5 cm³/mol. The summed E-state index contributed by atoms with van der Waals surface area (Å²) in [7, 11) is 4.07. The number of aromatic nitrogens is 2. The molecule has 0 unspecified atom stereocenters. The van der Waals surface area contributed by atoms with Gasteiger partial charge in [-0.25, -0.2) is 0 Å². The zero-order valence-electron chi connectivity index (χ0n) is 12.2. The van der Waals surface area contributed by atoms with E-state index in [1.165, 1.54) is 31.5 Å². The number of anilines is 1. The number of piperidine rings is 1. The van der Waals surface area contributed by atoms with Gasteiger partial charge in [-0.2, -0.15) is 5.10 Å². The lowest BCUT2D eigenvalue weighted by Crippen LogP contribution is -2.29. The van der Waals surface area contributed by atoms with Crippen molar-refractivity contribution < 1.29 is 0 Å². The first-order chi connectivity index (χ1) is 9.65. The van der Waals surface area contributed by atoms with Crippen LogP contribution in [0.3, 0.4) is 0 Å². The van der Waals surface area contributed by atoms with Gasteiger partial charge in [-0.05, 0) is 50.0 Å². The second-order valence-electron chi connectivity index (χ2n) is 5.77. The number of hydrogen-bond acceptors (Lipinski definition) is 3. The van der Waals surface area contributed by atoms with Gasteiger partial charge in [-0.3, -0.25) is 4.68 Å². The van der Waals surface area contributed by atoms with Crippen LogP contribution in [-0.2, 0) is 7.05 Å². The molecule has 1 saturated heterocycles. The zero-order valence-corrected chi connectivity index (χ0v) is 12.2. The van der Waals surface area contributed by atoms with Crippen LogP contribution in [-0.4, -0.2) is 34.8 Å². The van der Waals surface area contributed by atoms with Crippen LogP contribution >= 0.6 is 0 Å². The zero-order chi connectivity index (χ0) is 14.1. The first-order valence-corrected chi connectivity index (χ1v) is 7.21. The molecule has 1 aromatic heterocycles. The molecule has 4 heteroatoms. The molecule has 0 aliphatic carbocycles. The van der Waals surface area contributed by atoms with E-state index in [0.29, 0.717) is 5.92 Å². The van der Waals surface area contributed by atoms with Crippen molar-refractivity contribution in [2.75, 3.05) is 25.9 Å². The molecule has 2 aromatic rings. The number of hydrogen-bond donors (Lipinski definition) is 1. The van der Waals surface area contributed by atoms with Crippen LogP contribution in [0, 0.1) is 0 Å². The Balaban J connectivity index is 1.79.